The van der Waals surface area contributed by atoms with Crippen LogP contribution in [-0.4, -0.2) is 34.8 Å². The van der Waals surface area contributed by atoms with Gasteiger partial charge in [-0.05, 0) is 37.6 Å². The smallest absolute Gasteiger partial charge is 0.295 e. The monoisotopic (exact) mass is 383 g/mol. The molecule has 0 bridgehead atoms. The number of benzene rings is 1. The lowest BCUT2D eigenvalue weighted by Gasteiger charge is -2.23. The van der Waals surface area contributed by atoms with Crippen molar-refractivity contribution in [2.75, 3.05) is 13.2 Å². The molecule has 1 saturated heterocycles. The molecule has 1 unspecified atom stereocenters. The van der Waals surface area contributed by atoms with Gasteiger partial charge < -0.3 is 19.2 Å². The van der Waals surface area contributed by atoms with Crippen LogP contribution in [0.2, 0.25) is 0 Å². The van der Waals surface area contributed by atoms with E-state index in [0.29, 0.717) is 30.2 Å². The lowest BCUT2D eigenvalue weighted by molar-refractivity contribution is -0.140. The number of Topliss-reactive ketones (excluding diaryl/α,β-unsaturated/α-hetero) is 1. The Kier molecular flexibility index (Phi) is 6.19. The molecule has 1 aliphatic heterocycles. The van der Waals surface area contributed by atoms with E-state index in [1.165, 1.54) is 11.2 Å². The highest BCUT2D eigenvalue weighted by molar-refractivity contribution is 6.46. The first-order valence-electron chi connectivity index (χ1n) is 9.63. The highest BCUT2D eigenvalue weighted by atomic mass is 16.5. The molecule has 1 fully saturated rings. The molecule has 1 atom stereocenters. The number of amides is 1. The molecule has 0 aliphatic carbocycles. The molecule has 0 radical (unpaired) electrons. The minimum atomic E-state index is -0.734. The van der Waals surface area contributed by atoms with Crippen LogP contribution >= 0.6 is 0 Å². The number of ketones is 1. The molecule has 1 aromatic heterocycles. The lowest BCUT2D eigenvalue weighted by atomic mass is 9.99. The summed E-state index contributed by atoms with van der Waals surface area (Å²) in [7, 11) is 0. The van der Waals surface area contributed by atoms with E-state index < -0.39 is 17.7 Å². The van der Waals surface area contributed by atoms with Gasteiger partial charge in [-0.3, -0.25) is 9.59 Å². The van der Waals surface area contributed by atoms with Crippen LogP contribution in [0.3, 0.4) is 0 Å². The molecule has 2 aromatic rings. The van der Waals surface area contributed by atoms with Gasteiger partial charge in [-0.15, -0.1) is 0 Å². The van der Waals surface area contributed by atoms with Crippen LogP contribution < -0.4 is 4.74 Å². The first-order chi connectivity index (χ1) is 13.6. The molecule has 6 nitrogen and oxygen atoms in total. The molecule has 2 heterocycles. The number of rotatable bonds is 8. The number of carbonyl (C=O) groups is 2. The Balaban J connectivity index is 2.05. The summed E-state index contributed by atoms with van der Waals surface area (Å²) in [5.74, 6) is -0.493. The van der Waals surface area contributed by atoms with Crippen LogP contribution in [0.15, 0.2) is 52.7 Å². The second kappa shape index (κ2) is 8.78. The highest BCUT2D eigenvalue weighted by Gasteiger charge is 2.47. The molecule has 148 valence electrons. The lowest BCUT2D eigenvalue weighted by Crippen LogP contribution is -2.30. The van der Waals surface area contributed by atoms with Gasteiger partial charge in [-0.2, -0.15) is 0 Å². The number of hydrogen-bond donors (Lipinski definition) is 1. The fraction of sp³-hybridized carbons (Fsp3) is 0.364. The van der Waals surface area contributed by atoms with Crippen LogP contribution in [0.4, 0.5) is 0 Å². The van der Waals surface area contributed by atoms with Gasteiger partial charge in [0.05, 0.1) is 18.4 Å². The van der Waals surface area contributed by atoms with E-state index in [9.17, 15) is 14.7 Å². The maximum absolute atomic E-state index is 12.8. The van der Waals surface area contributed by atoms with Crippen LogP contribution in [0.1, 0.15) is 50.5 Å². The van der Waals surface area contributed by atoms with Crippen LogP contribution in [0.5, 0.6) is 5.75 Å². The normalized spacial score (nSPS) is 18.6. The third-order valence-corrected chi connectivity index (χ3v) is 4.77. The number of aliphatic hydroxyl groups is 1. The van der Waals surface area contributed by atoms with Crippen LogP contribution in [-0.2, 0) is 9.59 Å². The molecule has 0 saturated carbocycles. The summed E-state index contributed by atoms with van der Waals surface area (Å²) in [6.45, 7) is 4.85. The summed E-state index contributed by atoms with van der Waals surface area (Å²) in [5.41, 5.74) is 0.471. The van der Waals surface area contributed by atoms with Gasteiger partial charge >= 0.3 is 0 Å². The maximum atomic E-state index is 12.8. The van der Waals surface area contributed by atoms with Gasteiger partial charge in [0.25, 0.3) is 11.7 Å². The molecular weight excluding hydrogens is 358 g/mol. The van der Waals surface area contributed by atoms with Crippen molar-refractivity contribution in [3.63, 3.8) is 0 Å². The van der Waals surface area contributed by atoms with Gasteiger partial charge in [0, 0.05) is 12.1 Å². The zero-order valence-electron chi connectivity index (χ0n) is 16.2. The first kappa shape index (κ1) is 19.7. The van der Waals surface area contributed by atoms with Gasteiger partial charge in [0.1, 0.15) is 23.3 Å². The van der Waals surface area contributed by atoms with Crippen molar-refractivity contribution in [3.05, 3.63) is 59.6 Å². The molecule has 6 heteroatoms. The quantitative estimate of drug-likeness (QED) is 0.318. The van der Waals surface area contributed by atoms with Crippen LogP contribution in [0, 0.1) is 0 Å². The third-order valence-electron chi connectivity index (χ3n) is 4.77. The Morgan fingerprint density at radius 3 is 2.68 bits per heavy atom. The fourth-order valence-corrected chi connectivity index (χ4v) is 3.44. The Morgan fingerprint density at radius 2 is 2.00 bits per heavy atom. The number of ether oxygens (including phenoxy) is 1. The number of hydrogen-bond acceptors (Lipinski definition) is 5. The molecule has 3 rings (SSSR count). The number of nitrogens with zero attached hydrogens (tertiary/aromatic N) is 1. The standard InChI is InChI=1S/C22H25NO5/c1-3-5-6-12-23-19(17-11-8-13-28-17)18(21(25)22(23)26)20(24)15-9-7-10-16(14-15)27-4-2/h7-11,13-14,19,24H,3-6,12H2,1-2H3/b20-18-. The predicted octanol–water partition coefficient (Wildman–Crippen LogP) is 4.29. The zero-order valence-corrected chi connectivity index (χ0v) is 16.2. The largest absolute Gasteiger partial charge is 0.507 e. The van der Waals surface area contributed by atoms with Crippen LogP contribution in [0.25, 0.3) is 5.76 Å². The Hall–Kier alpha value is -3.02. The average Bonchev–Trinajstić information content (AvgIpc) is 3.30. The van der Waals surface area contributed by atoms with Gasteiger partial charge in [0.15, 0.2) is 0 Å². The minimum absolute atomic E-state index is 0.0464. The summed E-state index contributed by atoms with van der Waals surface area (Å²) in [4.78, 5) is 27.0. The van der Waals surface area contributed by atoms with Crippen molar-refractivity contribution < 1.29 is 23.8 Å². The van der Waals surface area contributed by atoms with Crippen molar-refractivity contribution >= 4 is 17.4 Å². The second-order valence-corrected chi connectivity index (χ2v) is 6.68. The highest BCUT2D eigenvalue weighted by Crippen LogP contribution is 2.40. The SMILES string of the molecule is CCCCCN1C(=O)C(=O)/C(=C(\O)c2cccc(OCC)c2)C1c1ccco1. The summed E-state index contributed by atoms with van der Waals surface area (Å²) >= 11 is 0. The first-order valence-corrected chi connectivity index (χ1v) is 9.63. The number of unbranched alkanes of at least 4 members (excludes halogenated alkanes) is 2. The van der Waals surface area contributed by atoms with E-state index >= 15 is 0 Å². The molecule has 1 aliphatic rings. The van der Waals surface area contributed by atoms with Crippen molar-refractivity contribution in [1.82, 2.24) is 4.90 Å². The van der Waals surface area contributed by atoms with E-state index in [1.807, 2.05) is 6.92 Å². The Bertz CT molecular complexity index is 869. The minimum Gasteiger partial charge on any atom is -0.507 e. The summed E-state index contributed by atoms with van der Waals surface area (Å²) < 4.78 is 11.0. The molecule has 28 heavy (non-hydrogen) atoms. The molecule has 1 N–H and O–H groups in total. The summed E-state index contributed by atoms with van der Waals surface area (Å²) in [5, 5.41) is 10.9. The van der Waals surface area contributed by atoms with Crippen molar-refractivity contribution in [2.45, 2.75) is 39.2 Å². The van der Waals surface area contributed by atoms with E-state index in [2.05, 4.69) is 6.92 Å². The van der Waals surface area contributed by atoms with E-state index in [4.69, 9.17) is 9.15 Å². The number of aliphatic hydroxyl groups excluding tert-OH is 1. The number of carbonyl (C=O) groups excluding carboxylic acids is 2. The summed E-state index contributed by atoms with van der Waals surface area (Å²) in [6.07, 6.45) is 4.22. The van der Waals surface area contributed by atoms with E-state index in [1.54, 1.807) is 36.4 Å². The van der Waals surface area contributed by atoms with Gasteiger partial charge in [-0.1, -0.05) is 31.9 Å². The fourth-order valence-electron chi connectivity index (χ4n) is 3.44. The topological polar surface area (TPSA) is 80.0 Å². The van der Waals surface area contributed by atoms with Crippen molar-refractivity contribution in [1.29, 1.82) is 0 Å². The molecule has 1 aromatic carbocycles. The third kappa shape index (κ3) is 3.81. The molecular formula is C22H25NO5. The van der Waals surface area contributed by atoms with E-state index in [0.717, 1.165) is 19.3 Å². The predicted molar refractivity (Wildman–Crippen MR) is 105 cm³/mol. The Labute approximate surface area is 164 Å². The van der Waals surface area contributed by atoms with Gasteiger partial charge in [0.2, 0.25) is 0 Å². The van der Waals surface area contributed by atoms with Crippen molar-refractivity contribution in [3.8, 4) is 5.75 Å². The number of furan rings is 1. The average molecular weight is 383 g/mol. The summed E-state index contributed by atoms with van der Waals surface area (Å²) in [6, 6.07) is 9.53. The molecule has 0 spiro atoms. The number of likely N-dealkylation sites (tertiary alicyclic amines) is 1. The van der Waals surface area contributed by atoms with Gasteiger partial charge in [-0.25, -0.2) is 0 Å². The second-order valence-electron chi connectivity index (χ2n) is 6.68. The van der Waals surface area contributed by atoms with E-state index in [-0.39, 0.29) is 11.3 Å². The molecule has 1 amide bonds. The Morgan fingerprint density at radius 1 is 1.18 bits per heavy atom. The van der Waals surface area contributed by atoms with Crippen molar-refractivity contribution in [2.24, 2.45) is 0 Å². The zero-order chi connectivity index (χ0) is 20.1. The maximum Gasteiger partial charge on any atom is 0.295 e.